The summed E-state index contributed by atoms with van der Waals surface area (Å²) in [6.45, 7) is 0. The van der Waals surface area contributed by atoms with Crippen molar-refractivity contribution in [2.75, 3.05) is 0 Å². The fraction of sp³-hybridized carbons (Fsp3) is 0.438. The average Bonchev–Trinajstić information content (AvgIpc) is 3.26. The number of hydrogen-bond acceptors (Lipinski definition) is 4. The Labute approximate surface area is 123 Å². The van der Waals surface area contributed by atoms with Gasteiger partial charge in [-0.15, -0.1) is 0 Å². The molecule has 110 valence electrons. The van der Waals surface area contributed by atoms with Crippen LogP contribution in [0, 0.1) is 5.92 Å². The normalized spacial score (nSPS) is 20.9. The first-order valence-electron chi connectivity index (χ1n) is 7.44. The molecule has 1 fully saturated rings. The van der Waals surface area contributed by atoms with Crippen LogP contribution in [0.15, 0.2) is 35.4 Å². The Bertz CT molecular complexity index is 564. The Morgan fingerprint density at radius 2 is 2.05 bits per heavy atom. The number of benzene rings is 1. The van der Waals surface area contributed by atoms with Gasteiger partial charge < -0.3 is 5.32 Å². The molecule has 1 aliphatic heterocycles. The molecule has 5 nitrogen and oxygen atoms in total. The smallest absolute Gasteiger partial charge is 0.223 e. The van der Waals surface area contributed by atoms with E-state index in [1.807, 2.05) is 18.2 Å². The van der Waals surface area contributed by atoms with Gasteiger partial charge in [0.25, 0.3) is 0 Å². The van der Waals surface area contributed by atoms with E-state index in [0.29, 0.717) is 18.1 Å². The number of hydrazone groups is 1. The van der Waals surface area contributed by atoms with Crippen molar-refractivity contribution in [3.05, 3.63) is 35.9 Å². The molecule has 1 saturated carbocycles. The predicted molar refractivity (Wildman–Crippen MR) is 79.6 cm³/mol. The van der Waals surface area contributed by atoms with Crippen molar-refractivity contribution in [3.63, 3.8) is 0 Å². The molecule has 1 heterocycles. The number of aryl methyl sites for hydroxylation is 1. The van der Waals surface area contributed by atoms with Crippen LogP contribution in [0.25, 0.3) is 0 Å². The summed E-state index contributed by atoms with van der Waals surface area (Å²) in [7, 11) is 0. The number of ketones is 1. The van der Waals surface area contributed by atoms with Crippen LogP contribution < -0.4 is 10.7 Å². The van der Waals surface area contributed by atoms with Gasteiger partial charge in [0.1, 0.15) is 5.71 Å². The van der Waals surface area contributed by atoms with Crippen LogP contribution in [0.2, 0.25) is 0 Å². The fourth-order valence-electron chi connectivity index (χ4n) is 2.47. The first kappa shape index (κ1) is 13.8. The third kappa shape index (κ3) is 3.48. The lowest BCUT2D eigenvalue weighted by atomic mass is 10.1. The highest BCUT2D eigenvalue weighted by molar-refractivity contribution is 6.44. The van der Waals surface area contributed by atoms with Crippen molar-refractivity contribution in [2.45, 2.75) is 38.3 Å². The van der Waals surface area contributed by atoms with Crippen LogP contribution in [0.3, 0.4) is 0 Å². The second kappa shape index (κ2) is 6.08. The molecular formula is C16H19N3O2. The Morgan fingerprint density at radius 3 is 2.76 bits per heavy atom. The van der Waals surface area contributed by atoms with Crippen LogP contribution in [0.5, 0.6) is 0 Å². The molecule has 1 aromatic rings. The van der Waals surface area contributed by atoms with E-state index in [9.17, 15) is 9.59 Å². The van der Waals surface area contributed by atoms with Gasteiger partial charge in [-0.05, 0) is 31.2 Å². The highest BCUT2D eigenvalue weighted by atomic mass is 16.2. The molecule has 1 atom stereocenters. The van der Waals surface area contributed by atoms with Crippen LogP contribution in [-0.2, 0) is 16.0 Å². The number of rotatable bonds is 6. The Balaban J connectivity index is 1.40. The van der Waals surface area contributed by atoms with Crippen molar-refractivity contribution in [1.82, 2.24) is 10.7 Å². The monoisotopic (exact) mass is 285 g/mol. The summed E-state index contributed by atoms with van der Waals surface area (Å²) in [4.78, 5) is 23.9. The number of carbonyl (C=O) groups is 2. The van der Waals surface area contributed by atoms with Crippen molar-refractivity contribution < 1.29 is 9.59 Å². The first-order chi connectivity index (χ1) is 10.2. The maximum Gasteiger partial charge on any atom is 0.223 e. The topological polar surface area (TPSA) is 70.6 Å². The van der Waals surface area contributed by atoms with Crippen molar-refractivity contribution in [1.29, 1.82) is 0 Å². The summed E-state index contributed by atoms with van der Waals surface area (Å²) in [5, 5.41) is 6.76. The standard InChI is InChI=1S/C16H19N3O2/c20-13(8-4-7-11-5-2-1-3-6-11)17-16-15(21)14(18-19-16)12-9-10-12/h1-3,5-6,12,16,19H,4,7-10H2,(H,17,20). The van der Waals surface area contributed by atoms with E-state index >= 15 is 0 Å². The van der Waals surface area contributed by atoms with Gasteiger partial charge in [0.05, 0.1) is 0 Å². The molecular weight excluding hydrogens is 266 g/mol. The predicted octanol–water partition coefficient (Wildman–Crippen LogP) is 1.39. The molecule has 0 radical (unpaired) electrons. The molecule has 2 N–H and O–H groups in total. The Kier molecular flexibility index (Phi) is 3.99. The molecule has 0 saturated heterocycles. The van der Waals surface area contributed by atoms with Crippen LogP contribution in [0.1, 0.15) is 31.2 Å². The molecule has 21 heavy (non-hydrogen) atoms. The highest BCUT2D eigenvalue weighted by Crippen LogP contribution is 2.32. The van der Waals surface area contributed by atoms with E-state index in [-0.39, 0.29) is 11.7 Å². The third-order valence-electron chi connectivity index (χ3n) is 3.81. The quantitative estimate of drug-likeness (QED) is 0.829. The van der Waals surface area contributed by atoms with Gasteiger partial charge in [-0.1, -0.05) is 30.3 Å². The zero-order valence-corrected chi connectivity index (χ0v) is 11.8. The van der Waals surface area contributed by atoms with Crippen LogP contribution >= 0.6 is 0 Å². The lowest BCUT2D eigenvalue weighted by Gasteiger charge is -2.11. The molecule has 1 unspecified atom stereocenters. The lowest BCUT2D eigenvalue weighted by molar-refractivity contribution is -0.125. The molecule has 1 aromatic carbocycles. The minimum Gasteiger partial charge on any atom is -0.328 e. The first-order valence-corrected chi connectivity index (χ1v) is 7.44. The maximum absolute atomic E-state index is 12.0. The van der Waals surface area contributed by atoms with E-state index < -0.39 is 6.17 Å². The molecule has 3 rings (SSSR count). The van der Waals surface area contributed by atoms with Gasteiger partial charge >= 0.3 is 0 Å². The molecule has 2 aliphatic rings. The fourth-order valence-corrected chi connectivity index (χ4v) is 2.47. The maximum atomic E-state index is 12.0. The van der Waals surface area contributed by atoms with Gasteiger partial charge in [-0.3, -0.25) is 15.0 Å². The molecule has 5 heteroatoms. The number of carbonyl (C=O) groups excluding carboxylic acids is 2. The summed E-state index contributed by atoms with van der Waals surface area (Å²) in [5.41, 5.74) is 4.55. The zero-order valence-electron chi connectivity index (χ0n) is 11.8. The third-order valence-corrected chi connectivity index (χ3v) is 3.81. The SMILES string of the molecule is O=C(CCCc1ccccc1)NC1NN=C(C2CC2)C1=O. The minimum atomic E-state index is -0.662. The second-order valence-electron chi connectivity index (χ2n) is 5.60. The van der Waals surface area contributed by atoms with E-state index in [2.05, 4.69) is 28.0 Å². The summed E-state index contributed by atoms with van der Waals surface area (Å²) in [6.07, 6.45) is 3.45. The average molecular weight is 285 g/mol. The summed E-state index contributed by atoms with van der Waals surface area (Å²) >= 11 is 0. The minimum absolute atomic E-state index is 0.0751. The van der Waals surface area contributed by atoms with Gasteiger partial charge in [-0.2, -0.15) is 5.10 Å². The van der Waals surface area contributed by atoms with Gasteiger partial charge in [0.2, 0.25) is 11.7 Å². The molecule has 0 aromatic heterocycles. The van der Waals surface area contributed by atoms with Gasteiger partial charge in [0, 0.05) is 12.3 Å². The lowest BCUT2D eigenvalue weighted by Crippen LogP contribution is -2.46. The van der Waals surface area contributed by atoms with Gasteiger partial charge in [0.15, 0.2) is 6.17 Å². The van der Waals surface area contributed by atoms with Crippen LogP contribution in [-0.4, -0.2) is 23.6 Å². The zero-order chi connectivity index (χ0) is 14.7. The largest absolute Gasteiger partial charge is 0.328 e. The number of nitrogens with zero attached hydrogens (tertiary/aromatic N) is 1. The number of hydrogen-bond donors (Lipinski definition) is 2. The molecule has 0 spiro atoms. The highest BCUT2D eigenvalue weighted by Gasteiger charge is 2.39. The Hall–Kier alpha value is -2.17. The Morgan fingerprint density at radius 1 is 1.29 bits per heavy atom. The summed E-state index contributed by atoms with van der Waals surface area (Å²) in [5.74, 6) is 0.128. The number of Topliss-reactive ketones (excluding diaryl/α,β-unsaturated/α-hetero) is 1. The summed E-state index contributed by atoms with van der Waals surface area (Å²) in [6, 6.07) is 10.1. The van der Waals surface area contributed by atoms with Crippen molar-refractivity contribution in [2.24, 2.45) is 11.0 Å². The number of nitrogens with one attached hydrogen (secondary N) is 2. The van der Waals surface area contributed by atoms with Crippen molar-refractivity contribution >= 4 is 17.4 Å². The van der Waals surface area contributed by atoms with Crippen molar-refractivity contribution in [3.8, 4) is 0 Å². The molecule has 0 bridgehead atoms. The molecule has 1 amide bonds. The van der Waals surface area contributed by atoms with E-state index in [0.717, 1.165) is 25.7 Å². The van der Waals surface area contributed by atoms with Gasteiger partial charge in [-0.25, -0.2) is 0 Å². The van der Waals surface area contributed by atoms with E-state index in [1.165, 1.54) is 5.56 Å². The number of amides is 1. The van der Waals surface area contributed by atoms with E-state index in [1.54, 1.807) is 0 Å². The van der Waals surface area contributed by atoms with E-state index in [4.69, 9.17) is 0 Å². The summed E-state index contributed by atoms with van der Waals surface area (Å²) < 4.78 is 0. The molecule has 1 aliphatic carbocycles. The van der Waals surface area contributed by atoms with Crippen LogP contribution in [0.4, 0.5) is 0 Å². The second-order valence-corrected chi connectivity index (χ2v) is 5.60.